The largest absolute Gasteiger partial charge is 0.481 e. The lowest BCUT2D eigenvalue weighted by Crippen LogP contribution is -2.19. The van der Waals surface area contributed by atoms with E-state index in [4.69, 9.17) is 4.74 Å². The van der Waals surface area contributed by atoms with Gasteiger partial charge in [-0.05, 0) is 42.2 Å². The molecule has 0 spiro atoms. The van der Waals surface area contributed by atoms with E-state index in [0.29, 0.717) is 18.2 Å². The number of hydrogen-bond acceptors (Lipinski definition) is 3. The van der Waals surface area contributed by atoms with Gasteiger partial charge in [0.05, 0.1) is 24.7 Å². The summed E-state index contributed by atoms with van der Waals surface area (Å²) in [5.74, 6) is 1.13. The van der Waals surface area contributed by atoms with Crippen LogP contribution in [0.3, 0.4) is 0 Å². The zero-order chi connectivity index (χ0) is 18.3. The molecule has 2 aromatic heterocycles. The highest BCUT2D eigenvalue weighted by atomic mass is 79.9. The molecule has 1 aliphatic rings. The Bertz CT molecular complexity index is 959. The van der Waals surface area contributed by atoms with E-state index in [9.17, 15) is 4.79 Å². The van der Waals surface area contributed by atoms with Crippen LogP contribution in [0.15, 0.2) is 53.1 Å². The lowest BCUT2D eigenvalue weighted by Gasteiger charge is -2.21. The molecule has 0 saturated carbocycles. The standard InChI is InChI=1S/C21H19BrN2O2/c1-13-9-19-17(20(25)10-13)11-18(14-3-5-15(22)6-4-14)24(19)16-7-8-21(26-2)23-12-16/h3-8,11-13H,9-10H2,1-2H3/t13-/m0/s1. The van der Waals surface area contributed by atoms with Gasteiger partial charge in [0, 0.05) is 28.2 Å². The molecule has 1 aliphatic carbocycles. The molecular formula is C21H19BrN2O2. The van der Waals surface area contributed by atoms with Gasteiger partial charge in [0.15, 0.2) is 5.78 Å². The van der Waals surface area contributed by atoms with Crippen LogP contribution in [0.2, 0.25) is 0 Å². The number of hydrogen-bond donors (Lipinski definition) is 0. The topological polar surface area (TPSA) is 44.1 Å². The minimum atomic E-state index is 0.220. The fourth-order valence-corrected chi connectivity index (χ4v) is 3.84. The molecule has 4 rings (SSSR count). The van der Waals surface area contributed by atoms with Crippen LogP contribution >= 0.6 is 15.9 Å². The summed E-state index contributed by atoms with van der Waals surface area (Å²) in [7, 11) is 1.60. The third-order valence-corrected chi connectivity index (χ3v) is 5.34. The van der Waals surface area contributed by atoms with Gasteiger partial charge in [-0.3, -0.25) is 4.79 Å². The first-order valence-electron chi connectivity index (χ1n) is 8.61. The van der Waals surface area contributed by atoms with Crippen molar-refractivity contribution in [1.29, 1.82) is 0 Å². The van der Waals surface area contributed by atoms with E-state index in [0.717, 1.165) is 39.1 Å². The van der Waals surface area contributed by atoms with Gasteiger partial charge in [-0.2, -0.15) is 0 Å². The van der Waals surface area contributed by atoms with E-state index in [1.807, 2.05) is 30.3 Å². The molecule has 0 fully saturated rings. The van der Waals surface area contributed by atoms with Gasteiger partial charge in [-0.25, -0.2) is 4.98 Å². The first kappa shape index (κ1) is 17.0. The Balaban J connectivity index is 1.94. The van der Waals surface area contributed by atoms with Crippen molar-refractivity contribution in [1.82, 2.24) is 9.55 Å². The number of nitrogens with zero attached hydrogens (tertiary/aromatic N) is 2. The summed E-state index contributed by atoms with van der Waals surface area (Å²) in [5.41, 5.74) is 4.91. The fraction of sp³-hybridized carbons (Fsp3) is 0.238. The van der Waals surface area contributed by atoms with Gasteiger partial charge in [0.1, 0.15) is 0 Å². The minimum Gasteiger partial charge on any atom is -0.481 e. The van der Waals surface area contributed by atoms with Crippen molar-refractivity contribution < 1.29 is 9.53 Å². The molecule has 0 amide bonds. The second kappa shape index (κ2) is 6.72. The summed E-state index contributed by atoms with van der Waals surface area (Å²) in [5, 5.41) is 0. The molecule has 0 unspecified atom stereocenters. The summed E-state index contributed by atoms with van der Waals surface area (Å²) in [6.07, 6.45) is 3.28. The summed E-state index contributed by atoms with van der Waals surface area (Å²) in [6.45, 7) is 2.13. The highest BCUT2D eigenvalue weighted by Gasteiger charge is 2.28. The smallest absolute Gasteiger partial charge is 0.213 e. The van der Waals surface area contributed by atoms with E-state index >= 15 is 0 Å². The van der Waals surface area contributed by atoms with E-state index in [1.165, 1.54) is 0 Å². The third-order valence-electron chi connectivity index (χ3n) is 4.81. The van der Waals surface area contributed by atoms with Gasteiger partial charge in [-0.15, -0.1) is 0 Å². The number of methoxy groups -OCH3 is 1. The average molecular weight is 411 g/mol. The summed E-state index contributed by atoms with van der Waals surface area (Å²) >= 11 is 3.49. The molecule has 0 bridgehead atoms. The van der Waals surface area contributed by atoms with E-state index in [1.54, 1.807) is 13.3 Å². The van der Waals surface area contributed by atoms with Crippen molar-refractivity contribution in [3.05, 3.63) is 64.4 Å². The van der Waals surface area contributed by atoms with Crippen LogP contribution in [0.25, 0.3) is 16.9 Å². The molecule has 4 nitrogen and oxygen atoms in total. The zero-order valence-corrected chi connectivity index (χ0v) is 16.3. The molecule has 26 heavy (non-hydrogen) atoms. The second-order valence-corrected chi connectivity index (χ2v) is 7.64. The Morgan fingerprint density at radius 1 is 1.15 bits per heavy atom. The summed E-state index contributed by atoms with van der Waals surface area (Å²) < 4.78 is 8.37. The maximum absolute atomic E-state index is 12.6. The van der Waals surface area contributed by atoms with Crippen molar-refractivity contribution in [2.24, 2.45) is 5.92 Å². The quantitative estimate of drug-likeness (QED) is 0.604. The Morgan fingerprint density at radius 2 is 1.92 bits per heavy atom. The van der Waals surface area contributed by atoms with Gasteiger partial charge < -0.3 is 9.30 Å². The number of aromatic nitrogens is 2. The monoisotopic (exact) mass is 410 g/mol. The zero-order valence-electron chi connectivity index (χ0n) is 14.7. The molecule has 1 atom stereocenters. The van der Waals surface area contributed by atoms with Crippen LogP contribution < -0.4 is 4.74 Å². The van der Waals surface area contributed by atoms with Crippen LogP contribution in [0.1, 0.15) is 29.4 Å². The minimum absolute atomic E-state index is 0.220. The Labute approximate surface area is 161 Å². The van der Waals surface area contributed by atoms with Crippen molar-refractivity contribution in [3.63, 3.8) is 0 Å². The van der Waals surface area contributed by atoms with Crippen molar-refractivity contribution in [3.8, 4) is 22.8 Å². The number of fused-ring (bicyclic) bond motifs is 1. The Kier molecular flexibility index (Phi) is 4.41. The van der Waals surface area contributed by atoms with Crippen LogP contribution in [0, 0.1) is 5.92 Å². The predicted molar refractivity (Wildman–Crippen MR) is 105 cm³/mol. The maximum atomic E-state index is 12.6. The maximum Gasteiger partial charge on any atom is 0.213 e. The number of benzene rings is 1. The van der Waals surface area contributed by atoms with Crippen LogP contribution in [-0.2, 0) is 6.42 Å². The number of ether oxygens (including phenoxy) is 1. The van der Waals surface area contributed by atoms with Crippen molar-refractivity contribution in [2.75, 3.05) is 7.11 Å². The molecule has 2 heterocycles. The number of carbonyl (C=O) groups is 1. The molecule has 0 N–H and O–H groups in total. The highest BCUT2D eigenvalue weighted by molar-refractivity contribution is 9.10. The van der Waals surface area contributed by atoms with Gasteiger partial charge in [0.2, 0.25) is 5.88 Å². The number of ketones is 1. The van der Waals surface area contributed by atoms with Crippen LogP contribution in [0.4, 0.5) is 0 Å². The number of carbonyl (C=O) groups excluding carboxylic acids is 1. The van der Waals surface area contributed by atoms with E-state index in [2.05, 4.69) is 44.5 Å². The van der Waals surface area contributed by atoms with Gasteiger partial charge in [0.25, 0.3) is 0 Å². The van der Waals surface area contributed by atoms with Gasteiger partial charge >= 0.3 is 0 Å². The third kappa shape index (κ3) is 2.97. The van der Waals surface area contributed by atoms with E-state index < -0.39 is 0 Å². The Morgan fingerprint density at radius 3 is 2.58 bits per heavy atom. The van der Waals surface area contributed by atoms with Crippen LogP contribution in [-0.4, -0.2) is 22.4 Å². The van der Waals surface area contributed by atoms with E-state index in [-0.39, 0.29) is 5.78 Å². The SMILES string of the molecule is COc1ccc(-n2c(-c3ccc(Br)cc3)cc3c2C[C@H](C)CC3=O)cn1. The van der Waals surface area contributed by atoms with Crippen molar-refractivity contribution >= 4 is 21.7 Å². The fourth-order valence-electron chi connectivity index (χ4n) is 3.58. The molecule has 132 valence electrons. The summed E-state index contributed by atoms with van der Waals surface area (Å²) in [6, 6.07) is 14.0. The van der Waals surface area contributed by atoms with Crippen molar-refractivity contribution in [2.45, 2.75) is 19.8 Å². The highest BCUT2D eigenvalue weighted by Crippen LogP contribution is 2.35. The number of pyridine rings is 1. The first-order valence-corrected chi connectivity index (χ1v) is 9.40. The molecule has 5 heteroatoms. The molecular weight excluding hydrogens is 392 g/mol. The average Bonchev–Trinajstić information content (AvgIpc) is 3.02. The first-order chi connectivity index (χ1) is 12.6. The Hall–Kier alpha value is -2.40. The molecule has 0 saturated heterocycles. The molecule has 3 aromatic rings. The molecule has 0 radical (unpaired) electrons. The number of halogens is 1. The summed E-state index contributed by atoms with van der Waals surface area (Å²) in [4.78, 5) is 17.0. The van der Waals surface area contributed by atoms with Crippen LogP contribution in [0.5, 0.6) is 5.88 Å². The molecule has 1 aromatic carbocycles. The predicted octanol–water partition coefficient (Wildman–Crippen LogP) is 5.08. The molecule has 0 aliphatic heterocycles. The number of rotatable bonds is 3. The lowest BCUT2D eigenvalue weighted by atomic mass is 9.88. The lowest BCUT2D eigenvalue weighted by molar-refractivity contribution is 0.0952. The second-order valence-electron chi connectivity index (χ2n) is 6.73. The van der Waals surface area contributed by atoms with Gasteiger partial charge in [-0.1, -0.05) is 35.0 Å². The normalized spacial score (nSPS) is 16.4. The number of Topliss-reactive ketones (excluding diaryl/α,β-unsaturated/α-hetero) is 1.